The fourth-order valence-electron chi connectivity index (χ4n) is 2.38. The van der Waals surface area contributed by atoms with E-state index in [9.17, 15) is 9.59 Å². The molecule has 24 heavy (non-hydrogen) atoms. The van der Waals surface area contributed by atoms with E-state index in [0.717, 1.165) is 12.8 Å². The Hall–Kier alpha value is -1.30. The SMILES string of the molecule is CC(C)C(NC(=O)c1ccc(Cl)cc1)C(=O)NCC(N)C1CC1.Cl. The van der Waals surface area contributed by atoms with E-state index in [0.29, 0.717) is 23.0 Å². The lowest BCUT2D eigenvalue weighted by atomic mass is 10.0. The number of nitrogens with one attached hydrogen (secondary N) is 2. The van der Waals surface area contributed by atoms with Crippen LogP contribution < -0.4 is 16.4 Å². The van der Waals surface area contributed by atoms with E-state index in [1.165, 1.54) is 0 Å². The van der Waals surface area contributed by atoms with Crippen LogP contribution in [0.1, 0.15) is 37.0 Å². The molecule has 134 valence electrons. The molecular weight excluding hydrogens is 349 g/mol. The monoisotopic (exact) mass is 373 g/mol. The lowest BCUT2D eigenvalue weighted by molar-refractivity contribution is -0.124. The van der Waals surface area contributed by atoms with Crippen LogP contribution in [-0.2, 0) is 4.79 Å². The predicted molar refractivity (Wildman–Crippen MR) is 98.5 cm³/mol. The van der Waals surface area contributed by atoms with E-state index >= 15 is 0 Å². The van der Waals surface area contributed by atoms with Crippen LogP contribution in [0, 0.1) is 11.8 Å². The van der Waals surface area contributed by atoms with E-state index in [-0.39, 0.29) is 36.2 Å². The van der Waals surface area contributed by atoms with Gasteiger partial charge in [0, 0.05) is 23.2 Å². The number of amides is 2. The lowest BCUT2D eigenvalue weighted by Gasteiger charge is -2.23. The molecule has 0 spiro atoms. The summed E-state index contributed by atoms with van der Waals surface area (Å²) in [5.74, 6) is 0.0141. The molecule has 2 unspecified atom stereocenters. The van der Waals surface area contributed by atoms with Crippen molar-refractivity contribution >= 4 is 35.8 Å². The summed E-state index contributed by atoms with van der Waals surface area (Å²) in [6, 6.07) is 5.97. The van der Waals surface area contributed by atoms with Gasteiger partial charge in [-0.1, -0.05) is 25.4 Å². The average Bonchev–Trinajstić information content (AvgIpc) is 3.34. The Morgan fingerprint density at radius 3 is 2.33 bits per heavy atom. The maximum absolute atomic E-state index is 12.4. The van der Waals surface area contributed by atoms with Gasteiger partial charge in [-0.3, -0.25) is 9.59 Å². The van der Waals surface area contributed by atoms with Gasteiger partial charge in [0.15, 0.2) is 0 Å². The van der Waals surface area contributed by atoms with Gasteiger partial charge in [-0.15, -0.1) is 12.4 Å². The Bertz CT molecular complexity index is 559. The summed E-state index contributed by atoms with van der Waals surface area (Å²) in [5.41, 5.74) is 6.47. The molecule has 1 fully saturated rings. The number of carbonyl (C=O) groups is 2. The third-order valence-corrected chi connectivity index (χ3v) is 4.33. The minimum atomic E-state index is -0.593. The molecule has 1 aliphatic rings. The molecule has 0 saturated heterocycles. The van der Waals surface area contributed by atoms with Crippen molar-refractivity contribution < 1.29 is 9.59 Å². The number of halogens is 2. The second kappa shape index (κ2) is 9.25. The highest BCUT2D eigenvalue weighted by molar-refractivity contribution is 6.30. The van der Waals surface area contributed by atoms with Crippen LogP contribution in [0.2, 0.25) is 5.02 Å². The molecule has 5 nitrogen and oxygen atoms in total. The predicted octanol–water partition coefficient (Wildman–Crippen LogP) is 2.37. The van der Waals surface area contributed by atoms with Gasteiger partial charge in [0.05, 0.1) is 0 Å². The van der Waals surface area contributed by atoms with Crippen molar-refractivity contribution in [1.82, 2.24) is 10.6 Å². The molecular formula is C17H25Cl2N3O2. The van der Waals surface area contributed by atoms with Gasteiger partial charge in [0.1, 0.15) is 6.04 Å². The molecule has 0 aliphatic heterocycles. The highest BCUT2D eigenvalue weighted by Gasteiger charge is 2.30. The van der Waals surface area contributed by atoms with Crippen molar-refractivity contribution in [2.45, 2.75) is 38.8 Å². The van der Waals surface area contributed by atoms with Crippen molar-refractivity contribution in [1.29, 1.82) is 0 Å². The number of carbonyl (C=O) groups excluding carboxylic acids is 2. The number of hydrogen-bond donors (Lipinski definition) is 3. The smallest absolute Gasteiger partial charge is 0.251 e. The fraction of sp³-hybridized carbons (Fsp3) is 0.529. The zero-order valence-electron chi connectivity index (χ0n) is 13.9. The van der Waals surface area contributed by atoms with E-state index in [4.69, 9.17) is 17.3 Å². The second-order valence-electron chi connectivity index (χ2n) is 6.45. The van der Waals surface area contributed by atoms with E-state index in [1.807, 2.05) is 13.8 Å². The van der Waals surface area contributed by atoms with Crippen LogP contribution in [0.15, 0.2) is 24.3 Å². The van der Waals surface area contributed by atoms with Crippen molar-refractivity contribution in [3.05, 3.63) is 34.9 Å². The Morgan fingerprint density at radius 1 is 1.25 bits per heavy atom. The zero-order valence-corrected chi connectivity index (χ0v) is 15.5. The molecule has 0 heterocycles. The molecule has 2 amide bonds. The summed E-state index contributed by atoms with van der Waals surface area (Å²) in [4.78, 5) is 24.6. The molecule has 1 aromatic rings. The first-order chi connectivity index (χ1) is 10.9. The van der Waals surface area contributed by atoms with Gasteiger partial charge in [0.2, 0.25) is 5.91 Å². The maximum atomic E-state index is 12.4. The molecule has 2 rings (SSSR count). The third-order valence-electron chi connectivity index (χ3n) is 4.08. The zero-order chi connectivity index (χ0) is 17.0. The molecule has 0 bridgehead atoms. The summed E-state index contributed by atoms with van der Waals surface area (Å²) in [7, 11) is 0. The van der Waals surface area contributed by atoms with Gasteiger partial charge in [-0.05, 0) is 48.9 Å². The van der Waals surface area contributed by atoms with Crippen molar-refractivity contribution in [2.24, 2.45) is 17.6 Å². The molecule has 1 aliphatic carbocycles. The molecule has 4 N–H and O–H groups in total. The normalized spacial score (nSPS) is 16.0. The number of nitrogens with two attached hydrogens (primary N) is 1. The van der Waals surface area contributed by atoms with Gasteiger partial charge < -0.3 is 16.4 Å². The first-order valence-electron chi connectivity index (χ1n) is 7.98. The van der Waals surface area contributed by atoms with Crippen LogP contribution in [0.3, 0.4) is 0 Å². The molecule has 1 saturated carbocycles. The fourth-order valence-corrected chi connectivity index (χ4v) is 2.51. The average molecular weight is 374 g/mol. The Labute approximate surface area is 154 Å². The van der Waals surface area contributed by atoms with Crippen molar-refractivity contribution in [2.75, 3.05) is 6.54 Å². The summed E-state index contributed by atoms with van der Waals surface area (Å²) < 4.78 is 0. The number of hydrogen-bond acceptors (Lipinski definition) is 3. The van der Waals surface area contributed by atoms with Crippen LogP contribution in [0.4, 0.5) is 0 Å². The Kier molecular flexibility index (Phi) is 8.00. The standard InChI is InChI=1S/C17H24ClN3O2.ClH/c1-10(2)15(17(23)20-9-14(19)11-3-4-11)21-16(22)12-5-7-13(18)8-6-12;/h5-8,10-11,14-15H,3-4,9,19H2,1-2H3,(H,20,23)(H,21,22);1H. The Morgan fingerprint density at radius 2 is 1.83 bits per heavy atom. The van der Waals surface area contributed by atoms with Crippen molar-refractivity contribution in [3.8, 4) is 0 Å². The third kappa shape index (κ3) is 5.96. The molecule has 7 heteroatoms. The summed E-state index contributed by atoms with van der Waals surface area (Å²) >= 11 is 5.82. The Balaban J connectivity index is 0.00000288. The summed E-state index contributed by atoms with van der Waals surface area (Å²) in [6.07, 6.45) is 2.27. The highest BCUT2D eigenvalue weighted by Crippen LogP contribution is 2.31. The topological polar surface area (TPSA) is 84.2 Å². The molecule has 1 aromatic carbocycles. The van der Waals surface area contributed by atoms with Gasteiger partial charge in [-0.25, -0.2) is 0 Å². The second-order valence-corrected chi connectivity index (χ2v) is 6.88. The molecule has 2 atom stereocenters. The lowest BCUT2D eigenvalue weighted by Crippen LogP contribution is -2.52. The van der Waals surface area contributed by atoms with E-state index < -0.39 is 6.04 Å². The number of benzene rings is 1. The quantitative estimate of drug-likeness (QED) is 0.685. The first-order valence-corrected chi connectivity index (χ1v) is 8.36. The first kappa shape index (κ1) is 20.7. The van der Waals surface area contributed by atoms with Gasteiger partial charge in [0.25, 0.3) is 5.91 Å². The van der Waals surface area contributed by atoms with Crippen LogP contribution in [0.25, 0.3) is 0 Å². The minimum Gasteiger partial charge on any atom is -0.353 e. The van der Waals surface area contributed by atoms with Gasteiger partial charge >= 0.3 is 0 Å². The minimum absolute atomic E-state index is 0. The van der Waals surface area contributed by atoms with Crippen molar-refractivity contribution in [3.63, 3.8) is 0 Å². The molecule has 0 radical (unpaired) electrons. The number of rotatable bonds is 7. The van der Waals surface area contributed by atoms with Crippen LogP contribution in [0.5, 0.6) is 0 Å². The van der Waals surface area contributed by atoms with E-state index in [1.54, 1.807) is 24.3 Å². The largest absolute Gasteiger partial charge is 0.353 e. The van der Waals surface area contributed by atoms with Crippen LogP contribution >= 0.6 is 24.0 Å². The van der Waals surface area contributed by atoms with E-state index in [2.05, 4.69) is 10.6 Å². The summed E-state index contributed by atoms with van der Waals surface area (Å²) in [6.45, 7) is 4.24. The van der Waals surface area contributed by atoms with Gasteiger partial charge in [-0.2, -0.15) is 0 Å². The molecule has 0 aromatic heterocycles. The maximum Gasteiger partial charge on any atom is 0.251 e. The summed E-state index contributed by atoms with van der Waals surface area (Å²) in [5, 5.41) is 6.20. The van der Waals surface area contributed by atoms with Crippen LogP contribution in [-0.4, -0.2) is 30.4 Å². The highest BCUT2D eigenvalue weighted by atomic mass is 35.5.